The van der Waals surface area contributed by atoms with Crippen molar-refractivity contribution in [1.29, 1.82) is 0 Å². The Morgan fingerprint density at radius 3 is 2.71 bits per heavy atom. The maximum absolute atomic E-state index is 11.8. The van der Waals surface area contributed by atoms with E-state index in [4.69, 9.17) is 10.5 Å². The molecule has 0 saturated heterocycles. The number of sulfone groups is 1. The quantitative estimate of drug-likeness (QED) is 0.639. The van der Waals surface area contributed by atoms with E-state index in [1.807, 2.05) is 31.2 Å². The van der Waals surface area contributed by atoms with Crippen LogP contribution in [0.3, 0.4) is 0 Å². The van der Waals surface area contributed by atoms with Crippen LogP contribution >= 0.6 is 12.4 Å². The first-order valence-corrected chi connectivity index (χ1v) is 9.80. The topological polar surface area (TPSA) is 98.5 Å². The van der Waals surface area contributed by atoms with E-state index >= 15 is 0 Å². The summed E-state index contributed by atoms with van der Waals surface area (Å²) in [6.07, 6.45) is 2.87. The molecule has 1 amide bonds. The van der Waals surface area contributed by atoms with Crippen LogP contribution in [0.1, 0.15) is 25.3 Å². The van der Waals surface area contributed by atoms with Crippen molar-refractivity contribution in [2.45, 2.75) is 32.2 Å². The minimum absolute atomic E-state index is 0. The van der Waals surface area contributed by atoms with Gasteiger partial charge >= 0.3 is 0 Å². The van der Waals surface area contributed by atoms with Gasteiger partial charge in [0.2, 0.25) is 5.91 Å². The summed E-state index contributed by atoms with van der Waals surface area (Å²) in [4.78, 5) is 11.8. The number of nitrogens with two attached hydrogens (primary N) is 1. The number of amides is 1. The molecule has 0 aliphatic rings. The van der Waals surface area contributed by atoms with Gasteiger partial charge in [0.15, 0.2) is 0 Å². The summed E-state index contributed by atoms with van der Waals surface area (Å²) in [5.74, 6) is 0.408. The summed E-state index contributed by atoms with van der Waals surface area (Å²) in [6, 6.07) is 6.93. The number of hydrogen-bond acceptors (Lipinski definition) is 5. The number of benzene rings is 1. The Kier molecular flexibility index (Phi) is 10.7. The van der Waals surface area contributed by atoms with Gasteiger partial charge in [-0.15, -0.1) is 12.4 Å². The normalized spacial score (nSPS) is 12.1. The average Bonchev–Trinajstić information content (AvgIpc) is 2.50. The Bertz CT molecular complexity index is 608. The van der Waals surface area contributed by atoms with Crippen LogP contribution in [0.25, 0.3) is 0 Å². The third-order valence-corrected chi connectivity index (χ3v) is 4.20. The molecule has 1 aromatic carbocycles. The molecular formula is C16H27ClN2O4S. The van der Waals surface area contributed by atoms with Crippen LogP contribution in [-0.4, -0.2) is 45.5 Å². The van der Waals surface area contributed by atoms with Crippen LogP contribution in [0.2, 0.25) is 0 Å². The number of rotatable bonds is 10. The molecule has 0 heterocycles. The van der Waals surface area contributed by atoms with Crippen molar-refractivity contribution in [3.05, 3.63) is 29.8 Å². The van der Waals surface area contributed by atoms with Crippen LogP contribution < -0.4 is 15.8 Å². The Hall–Kier alpha value is -1.31. The molecule has 0 aliphatic heterocycles. The van der Waals surface area contributed by atoms with Crippen molar-refractivity contribution in [1.82, 2.24) is 5.32 Å². The van der Waals surface area contributed by atoms with Crippen LogP contribution in [0.4, 0.5) is 0 Å². The first-order chi connectivity index (χ1) is 10.8. The van der Waals surface area contributed by atoms with Crippen LogP contribution in [0.15, 0.2) is 24.3 Å². The van der Waals surface area contributed by atoms with Gasteiger partial charge in [0.1, 0.15) is 15.6 Å². The zero-order valence-corrected chi connectivity index (χ0v) is 15.8. The number of nitrogens with one attached hydrogen (secondary N) is 1. The van der Waals surface area contributed by atoms with E-state index in [0.717, 1.165) is 24.0 Å². The summed E-state index contributed by atoms with van der Waals surface area (Å²) in [5, 5.41) is 2.73. The Morgan fingerprint density at radius 1 is 1.38 bits per heavy atom. The summed E-state index contributed by atoms with van der Waals surface area (Å²) in [6.45, 7) is 3.17. The highest BCUT2D eigenvalue weighted by atomic mass is 35.5. The van der Waals surface area contributed by atoms with E-state index in [1.165, 1.54) is 0 Å². The monoisotopic (exact) mass is 378 g/mol. The molecule has 0 radical (unpaired) electrons. The van der Waals surface area contributed by atoms with E-state index in [-0.39, 0.29) is 30.5 Å². The number of carbonyl (C=O) groups excluding carboxylic acids is 1. The minimum atomic E-state index is -3.10. The second-order valence-electron chi connectivity index (χ2n) is 5.56. The molecule has 24 heavy (non-hydrogen) atoms. The van der Waals surface area contributed by atoms with Gasteiger partial charge in [-0.1, -0.05) is 19.1 Å². The maximum Gasteiger partial charge on any atom is 0.236 e. The molecule has 3 N–H and O–H groups in total. The Labute approximate surface area is 150 Å². The van der Waals surface area contributed by atoms with Crippen molar-refractivity contribution >= 4 is 28.2 Å². The molecule has 8 heteroatoms. The molecule has 0 aliphatic carbocycles. The number of hydrogen-bond donors (Lipinski definition) is 2. The van der Waals surface area contributed by atoms with Crippen molar-refractivity contribution < 1.29 is 17.9 Å². The molecule has 0 bridgehead atoms. The third-order valence-electron chi connectivity index (χ3n) is 3.22. The second-order valence-corrected chi connectivity index (χ2v) is 7.82. The molecule has 1 aromatic rings. The first-order valence-electron chi connectivity index (χ1n) is 7.74. The lowest BCUT2D eigenvalue weighted by molar-refractivity contribution is -0.122. The Balaban J connectivity index is 0.00000529. The zero-order chi connectivity index (χ0) is 17.3. The highest BCUT2D eigenvalue weighted by Crippen LogP contribution is 2.13. The second kappa shape index (κ2) is 11.3. The SMILES string of the molecule is CCCOc1cccc(CCNC(=O)C(N)CCS(C)(=O)=O)c1.Cl. The fraction of sp³-hybridized carbons (Fsp3) is 0.562. The minimum Gasteiger partial charge on any atom is -0.494 e. The van der Waals surface area contributed by atoms with Gasteiger partial charge in [0.25, 0.3) is 0 Å². The molecule has 0 fully saturated rings. The van der Waals surface area contributed by atoms with Gasteiger partial charge in [-0.3, -0.25) is 4.79 Å². The van der Waals surface area contributed by atoms with Gasteiger partial charge in [-0.2, -0.15) is 0 Å². The van der Waals surface area contributed by atoms with E-state index in [1.54, 1.807) is 0 Å². The fourth-order valence-corrected chi connectivity index (χ4v) is 2.63. The lowest BCUT2D eigenvalue weighted by atomic mass is 10.1. The summed E-state index contributed by atoms with van der Waals surface area (Å²) in [5.41, 5.74) is 6.75. The molecule has 1 unspecified atom stereocenters. The van der Waals surface area contributed by atoms with Gasteiger partial charge in [-0.25, -0.2) is 8.42 Å². The predicted molar refractivity (Wildman–Crippen MR) is 98.5 cm³/mol. The molecule has 1 rings (SSSR count). The smallest absolute Gasteiger partial charge is 0.236 e. The highest BCUT2D eigenvalue weighted by Gasteiger charge is 2.15. The molecule has 0 aromatic heterocycles. The van der Waals surface area contributed by atoms with E-state index < -0.39 is 15.9 Å². The van der Waals surface area contributed by atoms with Gasteiger partial charge in [0.05, 0.1) is 18.4 Å². The van der Waals surface area contributed by atoms with Gasteiger partial charge < -0.3 is 15.8 Å². The third kappa shape index (κ3) is 9.75. The standard InChI is InChI=1S/C16H26N2O4S.ClH/c1-3-10-22-14-6-4-5-13(12-14)7-9-18-16(19)15(17)8-11-23(2,20)21;/h4-6,12,15H,3,7-11,17H2,1-2H3,(H,18,19);1H. The van der Waals surface area contributed by atoms with Crippen molar-refractivity contribution in [2.24, 2.45) is 5.73 Å². The lowest BCUT2D eigenvalue weighted by Gasteiger charge is -2.12. The van der Waals surface area contributed by atoms with Crippen LogP contribution in [0, 0.1) is 0 Å². The summed E-state index contributed by atoms with van der Waals surface area (Å²) in [7, 11) is -3.10. The van der Waals surface area contributed by atoms with Gasteiger partial charge in [-0.05, 0) is 37.0 Å². The van der Waals surface area contributed by atoms with E-state index in [2.05, 4.69) is 5.32 Å². The fourth-order valence-electron chi connectivity index (χ4n) is 1.94. The van der Waals surface area contributed by atoms with E-state index in [0.29, 0.717) is 19.6 Å². The zero-order valence-electron chi connectivity index (χ0n) is 14.2. The maximum atomic E-state index is 11.8. The van der Waals surface area contributed by atoms with E-state index in [9.17, 15) is 13.2 Å². The number of ether oxygens (including phenoxy) is 1. The molecule has 6 nitrogen and oxygen atoms in total. The first kappa shape index (κ1) is 22.7. The molecule has 0 spiro atoms. The largest absolute Gasteiger partial charge is 0.494 e. The summed E-state index contributed by atoms with van der Waals surface area (Å²) < 4.78 is 27.7. The predicted octanol–water partition coefficient (Wildman–Crippen LogP) is 1.32. The number of halogens is 1. The molecular weight excluding hydrogens is 352 g/mol. The summed E-state index contributed by atoms with van der Waals surface area (Å²) >= 11 is 0. The highest BCUT2D eigenvalue weighted by molar-refractivity contribution is 7.90. The van der Waals surface area contributed by atoms with Crippen molar-refractivity contribution in [2.75, 3.05) is 25.2 Å². The van der Waals surface area contributed by atoms with Crippen molar-refractivity contribution in [3.8, 4) is 5.75 Å². The van der Waals surface area contributed by atoms with Crippen molar-refractivity contribution in [3.63, 3.8) is 0 Å². The molecule has 0 saturated carbocycles. The lowest BCUT2D eigenvalue weighted by Crippen LogP contribution is -2.42. The van der Waals surface area contributed by atoms with Gasteiger partial charge in [0, 0.05) is 12.8 Å². The average molecular weight is 379 g/mol. The molecule has 138 valence electrons. The van der Waals surface area contributed by atoms with Crippen LogP contribution in [0.5, 0.6) is 5.75 Å². The number of carbonyl (C=O) groups is 1. The van der Waals surface area contributed by atoms with Crippen LogP contribution in [-0.2, 0) is 21.1 Å². The Morgan fingerprint density at radius 2 is 2.08 bits per heavy atom. The molecule has 1 atom stereocenters.